The molecule has 0 spiro atoms. The lowest BCUT2D eigenvalue weighted by Gasteiger charge is -2.24. The summed E-state index contributed by atoms with van der Waals surface area (Å²) >= 11 is 2.41. The predicted molar refractivity (Wildman–Crippen MR) is 543 cm³/mol. The molecule has 12 aromatic rings. The van der Waals surface area contributed by atoms with Crippen molar-refractivity contribution >= 4 is 67.9 Å². The fourth-order valence-corrected chi connectivity index (χ4v) is 12.3. The molecule has 0 saturated heterocycles. The molecular formula is C106H139IO30. The second kappa shape index (κ2) is 65.2. The summed E-state index contributed by atoms with van der Waals surface area (Å²) < 4.78 is 88.2. The van der Waals surface area contributed by atoms with Gasteiger partial charge in [0.05, 0.1) is 61.3 Å². The molecule has 31 heteroatoms. The highest BCUT2D eigenvalue weighted by molar-refractivity contribution is 14.1. The lowest BCUT2D eigenvalue weighted by atomic mass is 9.98. The zero-order valence-corrected chi connectivity index (χ0v) is 81.1. The number of methoxy groups -OCH3 is 7. The molecule has 9 aromatic carbocycles. The number of aliphatic hydroxyl groups excluding tert-OH is 3. The van der Waals surface area contributed by atoms with E-state index in [1.54, 1.807) is 209 Å². The van der Waals surface area contributed by atoms with Gasteiger partial charge in [0.1, 0.15) is 103 Å². The number of phenolic OH excluding ortho intramolecular Hbond substituents is 6. The Balaban J connectivity index is 0.000000517. The number of hydrogen-bond donors (Lipinski definition) is 9. The number of aliphatic hydroxyl groups is 3. The van der Waals surface area contributed by atoms with E-state index in [1.807, 2.05) is 50.2 Å². The SMILES string of the molecule is C.C.C.CC1COc2cccc(O)c2C1.CCC(C)I.COCOc1cccc(O)c1/C=C(/C)CO.COCOc1cccc(O)c1CC(C)CO.COCOc1cccc(O)c1CC(C)CO.COCOc1cccc2c1CC(C)CO2.COCOc1cccc2oc(=O)c(C)cc12.COc1cccc(O)c1C=O.COc1cccc2oc(=O)c(C)cc12.Cc1cc2c(O)cccc2oc1=O. The van der Waals surface area contributed by atoms with Crippen LogP contribution in [0.3, 0.4) is 0 Å². The van der Waals surface area contributed by atoms with Gasteiger partial charge in [-0.3, -0.25) is 4.79 Å². The molecule has 14 rings (SSSR count). The van der Waals surface area contributed by atoms with Gasteiger partial charge in [0.2, 0.25) is 0 Å². The minimum absolute atomic E-state index is 0. The van der Waals surface area contributed by atoms with Gasteiger partial charge in [0.25, 0.3) is 0 Å². The zero-order chi connectivity index (χ0) is 98.8. The van der Waals surface area contributed by atoms with Crippen molar-refractivity contribution in [2.75, 3.05) is 117 Å². The number of ether oxygens (including phenoxy) is 14. The van der Waals surface area contributed by atoms with E-state index in [2.05, 4.69) is 50.3 Å². The first kappa shape index (κ1) is 120. The number of aromatic hydroxyl groups is 6. The van der Waals surface area contributed by atoms with E-state index < -0.39 is 0 Å². The van der Waals surface area contributed by atoms with Crippen molar-refractivity contribution in [1.29, 1.82) is 0 Å². The second-order valence-electron chi connectivity index (χ2n) is 30.9. The van der Waals surface area contributed by atoms with Crippen LogP contribution in [0.1, 0.15) is 132 Å². The summed E-state index contributed by atoms with van der Waals surface area (Å²) in [6.45, 7) is 21.9. The maximum atomic E-state index is 11.3. The normalized spacial score (nSPS) is 12.8. The number of phenols is 6. The molecular weight excluding hydrogens is 1880 g/mol. The number of aryl methyl sites for hydroxylation is 3. The number of alkyl halides is 1. The van der Waals surface area contributed by atoms with E-state index in [1.165, 1.54) is 26.7 Å². The van der Waals surface area contributed by atoms with Crippen LogP contribution < -0.4 is 59.5 Å². The number of hydrogen-bond acceptors (Lipinski definition) is 30. The Kier molecular flexibility index (Phi) is 57.4. The molecule has 5 heterocycles. The van der Waals surface area contributed by atoms with Crippen LogP contribution >= 0.6 is 22.6 Å². The summed E-state index contributed by atoms with van der Waals surface area (Å²) in [5, 5.41) is 86.3. The molecule has 5 unspecified atom stereocenters. The van der Waals surface area contributed by atoms with Crippen LogP contribution in [-0.4, -0.2) is 173 Å². The predicted octanol–water partition coefficient (Wildman–Crippen LogP) is 20.4. The molecule has 137 heavy (non-hydrogen) atoms. The molecule has 5 atom stereocenters. The standard InChI is InChI=1S/C12H12O4.2C12H18O4.C12H16O4.C12H16O3.C11H10O3.C10H8O3.C10H12O2.C8H8O3.C4H9I.3CH4/c1-8-6-9-10(15-7-14-2)4-3-5-11(9)16-12(8)13;3*1-9(7-13)6-10-11(14)4-3-5-12(10)16-8-15-2;1-9-6-10-11(14-7-9)4-3-5-12(10)15-8-13-2;1-7-6-8-9(13-2)4-3-5-10(8)14-11(7)12;1-6-5-7-8(11)3-2-4-9(7)13-10(6)12;1-7-5-8-9(11)3-2-4-10(8)12-6-7;1-11-8-4-2-3-7(10)6(8)5-9;1-3-4(2)5;;;/h3-6H,7H2,1-2H3;2*3-5,9,13-14H,6-8H2,1-2H3;3-6,13-14H,7-8H2,1-2H3;3-5,9H,6-8H2,1-2H3;3-6H,1-2H3;2-5,11H,1H3;2-4,7,11H,5-6H2,1H3;2-5,10H,1H3;4H,3H2,1-2H3;3*1H4/b;;;9-6-;;;;;;;;;. The molecule has 0 bridgehead atoms. The Morgan fingerprint density at radius 3 is 1.16 bits per heavy atom. The summed E-state index contributed by atoms with van der Waals surface area (Å²) in [5.74, 6) is 8.27. The van der Waals surface area contributed by atoms with Crippen LogP contribution in [0.2, 0.25) is 0 Å². The zero-order valence-electron chi connectivity index (χ0n) is 78.9. The van der Waals surface area contributed by atoms with E-state index in [9.17, 15) is 44.7 Å². The topological polar surface area (TPSA) is 419 Å². The Bertz CT molecular complexity index is 5700. The number of fused-ring (bicyclic) bond motifs is 5. The third-order valence-electron chi connectivity index (χ3n) is 19.6. The molecule has 0 fully saturated rings. The number of halogens is 1. The third-order valence-corrected chi connectivity index (χ3v) is 20.4. The first-order valence-electron chi connectivity index (χ1n) is 42.8. The fourth-order valence-electron chi connectivity index (χ4n) is 12.3. The van der Waals surface area contributed by atoms with Crippen LogP contribution in [0.15, 0.2) is 215 Å². The Labute approximate surface area is 816 Å². The van der Waals surface area contributed by atoms with Gasteiger partial charge in [-0.15, -0.1) is 0 Å². The number of carbonyl (C=O) groups is 1. The highest BCUT2D eigenvalue weighted by Crippen LogP contribution is 2.38. The summed E-state index contributed by atoms with van der Waals surface area (Å²) in [6, 6.07) is 51.8. The first-order chi connectivity index (χ1) is 64.3. The van der Waals surface area contributed by atoms with E-state index >= 15 is 0 Å². The van der Waals surface area contributed by atoms with Gasteiger partial charge in [-0.05, 0) is 223 Å². The molecule has 750 valence electrons. The monoisotopic (exact) mass is 2020 g/mol. The molecule has 2 aliphatic rings. The molecule has 0 saturated carbocycles. The molecule has 0 radical (unpaired) electrons. The van der Waals surface area contributed by atoms with Crippen molar-refractivity contribution in [3.8, 4) is 86.2 Å². The van der Waals surface area contributed by atoms with Gasteiger partial charge in [0, 0.05) is 91.6 Å². The van der Waals surface area contributed by atoms with Crippen molar-refractivity contribution in [3.05, 3.63) is 269 Å². The van der Waals surface area contributed by atoms with Crippen molar-refractivity contribution in [2.24, 2.45) is 23.7 Å². The van der Waals surface area contributed by atoms with Gasteiger partial charge in [0.15, 0.2) is 40.3 Å². The molecule has 9 N–H and O–H groups in total. The van der Waals surface area contributed by atoms with Gasteiger partial charge in [-0.1, -0.05) is 141 Å². The Hall–Kier alpha value is -12.6. The largest absolute Gasteiger partial charge is 0.508 e. The van der Waals surface area contributed by atoms with E-state index in [0.29, 0.717) is 127 Å². The van der Waals surface area contributed by atoms with Crippen LogP contribution in [-0.2, 0) is 49.4 Å². The molecule has 30 nitrogen and oxygen atoms in total. The molecule has 3 aromatic heterocycles. The fraction of sp³-hybridized carbons (Fsp3) is 0.377. The van der Waals surface area contributed by atoms with E-state index in [-0.39, 0.29) is 139 Å². The van der Waals surface area contributed by atoms with Crippen molar-refractivity contribution in [3.63, 3.8) is 0 Å². The number of rotatable bonds is 27. The van der Waals surface area contributed by atoms with Crippen molar-refractivity contribution in [1.82, 2.24) is 0 Å². The van der Waals surface area contributed by atoms with Crippen LogP contribution in [0.25, 0.3) is 39.0 Å². The van der Waals surface area contributed by atoms with Crippen LogP contribution in [0, 0.1) is 44.4 Å². The Morgan fingerprint density at radius 1 is 0.416 bits per heavy atom. The number of benzene rings is 9. The Morgan fingerprint density at radius 2 is 0.737 bits per heavy atom. The maximum absolute atomic E-state index is 11.3. The van der Waals surface area contributed by atoms with Gasteiger partial charge >= 0.3 is 16.9 Å². The van der Waals surface area contributed by atoms with E-state index in [0.717, 1.165) is 74.7 Å². The molecule has 0 amide bonds. The lowest BCUT2D eigenvalue weighted by Crippen LogP contribution is -2.19. The summed E-state index contributed by atoms with van der Waals surface area (Å²) in [4.78, 5) is 44.0. The van der Waals surface area contributed by atoms with Crippen molar-refractivity contribution < 1.29 is 130 Å². The van der Waals surface area contributed by atoms with Crippen LogP contribution in [0.5, 0.6) is 86.2 Å². The quantitative estimate of drug-likeness (QED) is 0.00759. The average molecular weight is 2020 g/mol. The number of aldehydes is 1. The second-order valence-corrected chi connectivity index (χ2v) is 33.0. The summed E-state index contributed by atoms with van der Waals surface area (Å²) in [5.41, 5.74) is 7.15. The highest BCUT2D eigenvalue weighted by atomic mass is 127. The van der Waals surface area contributed by atoms with Crippen molar-refractivity contribution in [2.45, 2.75) is 128 Å². The highest BCUT2D eigenvalue weighted by Gasteiger charge is 2.22. The smallest absolute Gasteiger partial charge is 0.339 e. The third kappa shape index (κ3) is 40.0. The van der Waals surface area contributed by atoms with Gasteiger partial charge in [-0.2, -0.15) is 0 Å². The van der Waals surface area contributed by atoms with E-state index in [4.69, 9.17) is 100.0 Å². The summed E-state index contributed by atoms with van der Waals surface area (Å²) in [6.07, 6.45) is 6.61. The molecule has 0 aliphatic carbocycles. The maximum Gasteiger partial charge on any atom is 0.339 e. The van der Waals surface area contributed by atoms with Gasteiger partial charge < -0.3 is 126 Å². The summed E-state index contributed by atoms with van der Waals surface area (Å²) in [7, 11) is 10.8. The number of carbonyl (C=O) groups excluding carboxylic acids is 1. The minimum Gasteiger partial charge on any atom is -0.508 e. The van der Waals surface area contributed by atoms with Gasteiger partial charge in [-0.25, -0.2) is 14.4 Å². The lowest BCUT2D eigenvalue weighted by molar-refractivity contribution is 0.0494. The molecule has 2 aliphatic heterocycles. The minimum atomic E-state index is -0.363. The first-order valence-corrected chi connectivity index (χ1v) is 44.1. The average Bonchev–Trinajstić information content (AvgIpc) is 0.802. The van der Waals surface area contributed by atoms with Crippen LogP contribution in [0.4, 0.5) is 0 Å².